The van der Waals surface area contributed by atoms with Crippen LogP contribution in [0.25, 0.3) is 11.3 Å². The summed E-state index contributed by atoms with van der Waals surface area (Å²) < 4.78 is 12.3. The van der Waals surface area contributed by atoms with Gasteiger partial charge in [-0.05, 0) is 64.4 Å². The molecule has 2 atom stereocenters. The molecule has 36 heavy (non-hydrogen) atoms. The molecule has 3 N–H and O–H groups in total. The van der Waals surface area contributed by atoms with Crippen LogP contribution >= 0.6 is 0 Å². The third-order valence-corrected chi connectivity index (χ3v) is 7.95. The molecule has 194 valence electrons. The minimum absolute atomic E-state index is 0.173. The number of benzene rings is 1. The highest BCUT2D eigenvalue weighted by atomic mass is 16.7. The lowest BCUT2D eigenvalue weighted by Gasteiger charge is -2.36. The van der Waals surface area contributed by atoms with Crippen molar-refractivity contribution in [3.8, 4) is 11.3 Å². The second kappa shape index (κ2) is 9.23. The maximum Gasteiger partial charge on any atom is 0.494 e. The zero-order valence-corrected chi connectivity index (χ0v) is 22.2. The number of nitrogens with zero attached hydrogens (tertiary/aromatic N) is 2. The number of carbonyl (C=O) groups excluding carboxylic acids is 1. The predicted molar refractivity (Wildman–Crippen MR) is 138 cm³/mol. The van der Waals surface area contributed by atoms with Crippen molar-refractivity contribution in [2.45, 2.75) is 84.1 Å². The first kappa shape index (κ1) is 26.2. The quantitative estimate of drug-likeness (QED) is 0.527. The summed E-state index contributed by atoms with van der Waals surface area (Å²) in [4.78, 5) is 34.5. The monoisotopic (exact) mass is 496 g/mol. The van der Waals surface area contributed by atoms with E-state index in [-0.39, 0.29) is 11.8 Å². The van der Waals surface area contributed by atoms with Crippen LogP contribution in [0.5, 0.6) is 0 Å². The summed E-state index contributed by atoms with van der Waals surface area (Å²) in [7, 11) is -0.424. The molecular weight excluding hydrogens is 459 g/mol. The highest BCUT2D eigenvalue weighted by Crippen LogP contribution is 2.39. The molecule has 1 aromatic carbocycles. The zero-order chi connectivity index (χ0) is 26.5. The van der Waals surface area contributed by atoms with Gasteiger partial charge < -0.3 is 29.6 Å². The van der Waals surface area contributed by atoms with Gasteiger partial charge in [0.15, 0.2) is 0 Å². The van der Waals surface area contributed by atoms with Gasteiger partial charge in [0.1, 0.15) is 11.9 Å². The fraction of sp³-hybridized carbons (Fsp3) is 0.577. The van der Waals surface area contributed by atoms with Gasteiger partial charge in [-0.15, -0.1) is 0 Å². The van der Waals surface area contributed by atoms with Crippen LogP contribution in [0.1, 0.15) is 67.1 Å². The van der Waals surface area contributed by atoms with Gasteiger partial charge >= 0.3 is 13.2 Å². The molecule has 2 fully saturated rings. The summed E-state index contributed by atoms with van der Waals surface area (Å²) in [6.45, 7) is 14.4. The number of hydrogen-bond donors (Lipinski definition) is 3. The molecule has 0 saturated carbocycles. The number of carboxylic acid groups (broad SMARTS) is 1. The first-order chi connectivity index (χ1) is 16.7. The first-order valence-corrected chi connectivity index (χ1v) is 12.6. The van der Waals surface area contributed by atoms with E-state index in [1.165, 1.54) is 0 Å². The SMILES string of the molecule is CC(C)[C@H](NC(=O)O)C(=O)N1CCC[C@@]1(C)c1ncc(-c2ccc(B3OC(C)(C)C(C)(C)O3)cc2)[nH]1. The molecule has 10 heteroatoms. The molecular formula is C26H37BN4O5. The number of amides is 2. The van der Waals surface area contributed by atoms with Crippen molar-refractivity contribution < 1.29 is 24.0 Å². The highest BCUT2D eigenvalue weighted by Gasteiger charge is 2.51. The van der Waals surface area contributed by atoms with Crippen molar-refractivity contribution in [2.75, 3.05) is 6.54 Å². The van der Waals surface area contributed by atoms with Gasteiger partial charge in [0.05, 0.1) is 28.6 Å². The van der Waals surface area contributed by atoms with Gasteiger partial charge in [-0.3, -0.25) is 4.79 Å². The van der Waals surface area contributed by atoms with Crippen molar-refractivity contribution in [3.63, 3.8) is 0 Å². The van der Waals surface area contributed by atoms with Crippen LogP contribution in [0.3, 0.4) is 0 Å². The summed E-state index contributed by atoms with van der Waals surface area (Å²) in [6, 6.07) is 7.19. The molecule has 0 radical (unpaired) electrons. The van der Waals surface area contributed by atoms with E-state index in [9.17, 15) is 14.7 Å². The topological polar surface area (TPSA) is 117 Å². The summed E-state index contributed by atoms with van der Waals surface area (Å²) in [6.07, 6.45) is 2.14. The molecule has 1 aromatic heterocycles. The van der Waals surface area contributed by atoms with Crippen LogP contribution < -0.4 is 10.8 Å². The number of H-pyrrole nitrogens is 1. The van der Waals surface area contributed by atoms with Crippen molar-refractivity contribution in [2.24, 2.45) is 5.92 Å². The smallest absolute Gasteiger partial charge is 0.465 e. The van der Waals surface area contributed by atoms with Crippen molar-refractivity contribution in [3.05, 3.63) is 36.3 Å². The second-order valence-electron chi connectivity index (χ2n) is 11.4. The van der Waals surface area contributed by atoms with E-state index in [0.29, 0.717) is 12.4 Å². The lowest BCUT2D eigenvalue weighted by Crippen LogP contribution is -2.54. The maximum atomic E-state index is 13.4. The summed E-state index contributed by atoms with van der Waals surface area (Å²) in [5, 5.41) is 11.6. The first-order valence-electron chi connectivity index (χ1n) is 12.6. The van der Waals surface area contributed by atoms with E-state index < -0.39 is 36.0 Å². The molecule has 2 amide bonds. The Morgan fingerprint density at radius 1 is 1.11 bits per heavy atom. The molecule has 0 bridgehead atoms. The Bertz CT molecular complexity index is 1110. The van der Waals surface area contributed by atoms with Gasteiger partial charge in [0, 0.05) is 6.54 Å². The van der Waals surface area contributed by atoms with E-state index in [1.807, 2.05) is 72.7 Å². The summed E-state index contributed by atoms with van der Waals surface area (Å²) in [5.41, 5.74) is 1.30. The van der Waals surface area contributed by atoms with E-state index in [2.05, 4.69) is 15.3 Å². The van der Waals surface area contributed by atoms with E-state index in [4.69, 9.17) is 9.31 Å². The zero-order valence-electron chi connectivity index (χ0n) is 22.2. The number of rotatable bonds is 6. The molecule has 0 unspecified atom stereocenters. The Morgan fingerprint density at radius 3 is 2.28 bits per heavy atom. The average Bonchev–Trinajstić information content (AvgIpc) is 3.48. The van der Waals surface area contributed by atoms with E-state index in [0.717, 1.165) is 29.6 Å². The normalized spacial score (nSPS) is 23.8. The minimum Gasteiger partial charge on any atom is -0.465 e. The average molecular weight is 496 g/mol. The van der Waals surface area contributed by atoms with Gasteiger partial charge in [0.2, 0.25) is 5.91 Å². The molecule has 0 aliphatic carbocycles. The Kier molecular flexibility index (Phi) is 6.72. The molecule has 4 rings (SSSR count). The van der Waals surface area contributed by atoms with Crippen molar-refractivity contribution >= 4 is 24.6 Å². The lowest BCUT2D eigenvalue weighted by molar-refractivity contribution is -0.138. The molecule has 2 aliphatic heterocycles. The van der Waals surface area contributed by atoms with Crippen LogP contribution in [-0.4, -0.2) is 62.9 Å². The van der Waals surface area contributed by atoms with E-state index >= 15 is 0 Å². The van der Waals surface area contributed by atoms with Crippen molar-refractivity contribution in [1.29, 1.82) is 0 Å². The maximum absolute atomic E-state index is 13.4. The number of likely N-dealkylation sites (tertiary alicyclic amines) is 1. The molecule has 2 saturated heterocycles. The van der Waals surface area contributed by atoms with Crippen LogP contribution in [0.15, 0.2) is 30.5 Å². The predicted octanol–water partition coefficient (Wildman–Crippen LogP) is 3.51. The number of aromatic amines is 1. The lowest BCUT2D eigenvalue weighted by atomic mass is 9.79. The van der Waals surface area contributed by atoms with E-state index in [1.54, 1.807) is 11.1 Å². The number of imidazole rings is 1. The van der Waals surface area contributed by atoms with Crippen LogP contribution in [0.4, 0.5) is 4.79 Å². The highest BCUT2D eigenvalue weighted by molar-refractivity contribution is 6.62. The standard InChI is InChI=1S/C26H37BN4O5/c1-16(2)20(30-23(33)34)21(32)31-14-8-13-26(31,7)22-28-15-19(29-22)17-9-11-18(12-10-17)27-35-24(3,4)25(5,6)36-27/h9-12,15-16,20,30H,8,13-14H2,1-7H3,(H,28,29)(H,33,34)/t20-,26-/m0/s1. The Balaban J connectivity index is 1.54. The molecule has 2 aromatic rings. The third kappa shape index (κ3) is 4.64. The number of carbonyl (C=O) groups is 2. The third-order valence-electron chi connectivity index (χ3n) is 7.95. The van der Waals surface area contributed by atoms with Crippen LogP contribution in [0, 0.1) is 5.92 Å². The molecule has 2 aliphatic rings. The fourth-order valence-corrected chi connectivity index (χ4v) is 4.92. The van der Waals surface area contributed by atoms with Gasteiger partial charge in [0.25, 0.3) is 0 Å². The molecule has 9 nitrogen and oxygen atoms in total. The molecule has 0 spiro atoms. The van der Waals surface area contributed by atoms with Crippen LogP contribution in [-0.2, 0) is 19.6 Å². The molecule has 3 heterocycles. The van der Waals surface area contributed by atoms with Crippen molar-refractivity contribution in [1.82, 2.24) is 20.2 Å². The Hall–Kier alpha value is -2.85. The van der Waals surface area contributed by atoms with Crippen LogP contribution in [0.2, 0.25) is 0 Å². The summed E-state index contributed by atoms with van der Waals surface area (Å²) >= 11 is 0. The number of aromatic nitrogens is 2. The second-order valence-corrected chi connectivity index (χ2v) is 11.4. The number of hydrogen-bond acceptors (Lipinski definition) is 5. The van der Waals surface area contributed by atoms with Gasteiger partial charge in [-0.2, -0.15) is 0 Å². The largest absolute Gasteiger partial charge is 0.494 e. The Labute approximate surface area is 213 Å². The van der Waals surface area contributed by atoms with Gasteiger partial charge in [-0.1, -0.05) is 38.1 Å². The minimum atomic E-state index is -1.20. The number of nitrogens with one attached hydrogen (secondary N) is 2. The van der Waals surface area contributed by atoms with Gasteiger partial charge in [-0.25, -0.2) is 9.78 Å². The fourth-order valence-electron chi connectivity index (χ4n) is 4.92. The summed E-state index contributed by atoms with van der Waals surface area (Å²) in [5.74, 6) is 0.293. The Morgan fingerprint density at radius 2 is 1.72 bits per heavy atom.